The van der Waals surface area contributed by atoms with Gasteiger partial charge < -0.3 is 15.4 Å². The van der Waals surface area contributed by atoms with Crippen molar-refractivity contribution in [2.45, 2.75) is 20.0 Å². The number of imide groups is 1. The van der Waals surface area contributed by atoms with Gasteiger partial charge in [0, 0.05) is 17.8 Å². The summed E-state index contributed by atoms with van der Waals surface area (Å²) >= 11 is 6.91. The summed E-state index contributed by atoms with van der Waals surface area (Å²) in [5, 5.41) is 16.1. The van der Waals surface area contributed by atoms with Crippen LogP contribution < -0.4 is 15.4 Å². The van der Waals surface area contributed by atoms with Crippen LogP contribution in [0.2, 0.25) is 0 Å². The summed E-state index contributed by atoms with van der Waals surface area (Å²) in [5.74, 6) is -0.617. The minimum Gasteiger partial charge on any atom is -0.487 e. The van der Waals surface area contributed by atoms with Gasteiger partial charge in [-0.3, -0.25) is 19.7 Å². The second kappa shape index (κ2) is 12.2. The maximum atomic E-state index is 12.9. The number of amides is 4. The van der Waals surface area contributed by atoms with Crippen LogP contribution in [0.3, 0.4) is 0 Å². The van der Waals surface area contributed by atoms with Gasteiger partial charge >= 0.3 is 6.03 Å². The minimum absolute atomic E-state index is 0.00641. The van der Waals surface area contributed by atoms with Crippen LogP contribution in [-0.2, 0) is 22.6 Å². The first kappa shape index (κ1) is 28.0. The molecule has 1 fully saturated rings. The molecule has 0 unspecified atom stereocenters. The number of nitrogens with one attached hydrogen (secondary N) is 2. The summed E-state index contributed by atoms with van der Waals surface area (Å²) in [6.45, 7) is 1.71. The average Bonchev–Trinajstić information content (AvgIpc) is 3.15. The molecule has 0 atom stereocenters. The zero-order valence-corrected chi connectivity index (χ0v) is 23.7. The molecular weight excluding hydrogens is 636 g/mol. The fraction of sp³-hybridized carbons (Fsp3) is 0.148. The quantitative estimate of drug-likeness (QED) is 0.130. The van der Waals surface area contributed by atoms with E-state index >= 15 is 0 Å². The number of aryl methyl sites for hydroxylation is 1. The van der Waals surface area contributed by atoms with Gasteiger partial charge in [0.15, 0.2) is 0 Å². The Labute approximate surface area is 240 Å². The fourth-order valence-electron chi connectivity index (χ4n) is 3.84. The number of benzene rings is 3. The molecule has 0 bridgehead atoms. The Kier molecular flexibility index (Phi) is 8.77. The molecule has 3 aromatic carbocycles. The SMILES string of the molecule is CCc1ccccc1NC(=O)CN1C(=O)N/C(=C/c2cc(Br)c(OCc3ccc([N+](=O)[O-])cc3)c(Br)c2)C1=O. The van der Waals surface area contributed by atoms with Gasteiger partial charge in [-0.1, -0.05) is 25.1 Å². The van der Waals surface area contributed by atoms with Crippen molar-refractivity contribution in [2.24, 2.45) is 0 Å². The molecule has 0 aromatic heterocycles. The van der Waals surface area contributed by atoms with Crippen LogP contribution in [0, 0.1) is 10.1 Å². The van der Waals surface area contributed by atoms with Gasteiger partial charge in [0.1, 0.15) is 24.6 Å². The van der Waals surface area contributed by atoms with Crippen LogP contribution in [0.5, 0.6) is 5.75 Å². The predicted octanol–water partition coefficient (Wildman–Crippen LogP) is 5.79. The number of nitrogens with zero attached hydrogens (tertiary/aromatic N) is 2. The number of carbonyl (C=O) groups is 3. The number of halogens is 2. The van der Waals surface area contributed by atoms with E-state index in [1.165, 1.54) is 18.2 Å². The second-order valence-corrected chi connectivity index (χ2v) is 10.2. The van der Waals surface area contributed by atoms with Gasteiger partial charge in [-0.15, -0.1) is 0 Å². The molecule has 0 radical (unpaired) electrons. The third kappa shape index (κ3) is 6.70. The van der Waals surface area contributed by atoms with Crippen LogP contribution in [0.15, 0.2) is 75.3 Å². The Morgan fingerprint density at radius 1 is 1.10 bits per heavy atom. The molecule has 2 N–H and O–H groups in total. The molecule has 12 heteroatoms. The number of ether oxygens (including phenoxy) is 1. The summed E-state index contributed by atoms with van der Waals surface area (Å²) in [4.78, 5) is 49.1. The Bertz CT molecular complexity index is 1470. The van der Waals surface area contributed by atoms with Gasteiger partial charge in [0.2, 0.25) is 5.91 Å². The lowest BCUT2D eigenvalue weighted by Crippen LogP contribution is -2.38. The number of nitro benzene ring substituents is 1. The number of anilines is 1. The van der Waals surface area contributed by atoms with Crippen molar-refractivity contribution >= 4 is 67.2 Å². The Morgan fingerprint density at radius 3 is 2.41 bits per heavy atom. The Hall–Kier alpha value is -4.03. The van der Waals surface area contributed by atoms with Crippen molar-refractivity contribution in [1.82, 2.24) is 10.2 Å². The summed E-state index contributed by atoms with van der Waals surface area (Å²) in [5.41, 5.74) is 2.93. The second-order valence-electron chi connectivity index (χ2n) is 8.46. The largest absolute Gasteiger partial charge is 0.487 e. The number of hydrogen-bond donors (Lipinski definition) is 2. The lowest BCUT2D eigenvalue weighted by atomic mass is 10.1. The van der Waals surface area contributed by atoms with Crippen molar-refractivity contribution in [2.75, 3.05) is 11.9 Å². The van der Waals surface area contributed by atoms with E-state index in [4.69, 9.17) is 4.74 Å². The number of para-hydroxylation sites is 1. The van der Waals surface area contributed by atoms with E-state index in [0.717, 1.165) is 22.4 Å². The van der Waals surface area contributed by atoms with Gasteiger partial charge in [-0.05, 0) is 91.4 Å². The molecule has 0 saturated carbocycles. The first-order valence-electron chi connectivity index (χ1n) is 11.7. The number of carbonyl (C=O) groups excluding carboxylic acids is 3. The van der Waals surface area contributed by atoms with Gasteiger partial charge in [-0.2, -0.15) is 0 Å². The van der Waals surface area contributed by atoms with Crippen molar-refractivity contribution in [3.63, 3.8) is 0 Å². The predicted molar refractivity (Wildman–Crippen MR) is 152 cm³/mol. The average molecular weight is 658 g/mol. The van der Waals surface area contributed by atoms with Crippen LogP contribution in [0.4, 0.5) is 16.2 Å². The molecule has 0 spiro atoms. The van der Waals surface area contributed by atoms with Crippen LogP contribution >= 0.6 is 31.9 Å². The highest BCUT2D eigenvalue weighted by molar-refractivity contribution is 9.11. The third-order valence-electron chi connectivity index (χ3n) is 5.80. The molecule has 3 aromatic rings. The van der Waals surface area contributed by atoms with Crippen LogP contribution in [-0.4, -0.2) is 34.2 Å². The standard InChI is InChI=1S/C27H22Br2N4O6/c1-2-18-5-3-4-6-22(18)30-24(34)14-32-26(35)23(31-27(32)36)13-17-11-20(28)25(21(29)12-17)39-15-16-7-9-19(10-8-16)33(37)38/h3-13H,2,14-15H2,1H3,(H,30,34)(H,31,36)/b23-13+. The van der Waals surface area contributed by atoms with Crippen molar-refractivity contribution in [3.8, 4) is 5.75 Å². The zero-order chi connectivity index (χ0) is 28.1. The Balaban J connectivity index is 1.43. The van der Waals surface area contributed by atoms with E-state index in [1.54, 1.807) is 36.4 Å². The number of hydrogen-bond acceptors (Lipinski definition) is 6. The van der Waals surface area contributed by atoms with Crippen LogP contribution in [0.25, 0.3) is 6.08 Å². The maximum absolute atomic E-state index is 12.9. The van der Waals surface area contributed by atoms with E-state index in [9.17, 15) is 24.5 Å². The van der Waals surface area contributed by atoms with Crippen molar-refractivity contribution in [1.29, 1.82) is 0 Å². The summed E-state index contributed by atoms with van der Waals surface area (Å²) < 4.78 is 7.02. The van der Waals surface area contributed by atoms with Gasteiger partial charge in [-0.25, -0.2) is 9.69 Å². The van der Waals surface area contributed by atoms with E-state index < -0.39 is 29.3 Å². The molecule has 1 saturated heterocycles. The minimum atomic E-state index is -0.689. The summed E-state index contributed by atoms with van der Waals surface area (Å²) in [7, 11) is 0. The molecule has 4 rings (SSSR count). The topological polar surface area (TPSA) is 131 Å². The molecule has 4 amide bonds. The maximum Gasteiger partial charge on any atom is 0.329 e. The highest BCUT2D eigenvalue weighted by Crippen LogP contribution is 2.36. The molecule has 1 aliphatic rings. The van der Waals surface area contributed by atoms with E-state index in [-0.39, 0.29) is 18.0 Å². The lowest BCUT2D eigenvalue weighted by molar-refractivity contribution is -0.384. The molecule has 1 heterocycles. The Morgan fingerprint density at radius 2 is 1.77 bits per heavy atom. The number of urea groups is 1. The van der Waals surface area contributed by atoms with Gasteiger partial charge in [0.25, 0.3) is 11.6 Å². The molecular formula is C27H22Br2N4O6. The van der Waals surface area contributed by atoms with Crippen LogP contribution in [0.1, 0.15) is 23.6 Å². The number of rotatable bonds is 9. The number of nitro groups is 1. The highest BCUT2D eigenvalue weighted by atomic mass is 79.9. The zero-order valence-electron chi connectivity index (χ0n) is 20.6. The van der Waals surface area contributed by atoms with Crippen molar-refractivity contribution in [3.05, 3.63) is 102 Å². The first-order chi connectivity index (χ1) is 18.7. The third-order valence-corrected chi connectivity index (χ3v) is 6.98. The van der Waals surface area contributed by atoms with Crippen molar-refractivity contribution < 1.29 is 24.0 Å². The molecule has 39 heavy (non-hydrogen) atoms. The van der Waals surface area contributed by atoms with E-state index in [0.29, 0.717) is 25.9 Å². The molecule has 0 aliphatic carbocycles. The fourth-order valence-corrected chi connectivity index (χ4v) is 5.29. The van der Waals surface area contributed by atoms with Gasteiger partial charge in [0.05, 0.1) is 13.9 Å². The summed E-state index contributed by atoms with van der Waals surface area (Å²) in [6, 6.07) is 16.1. The smallest absolute Gasteiger partial charge is 0.329 e. The summed E-state index contributed by atoms with van der Waals surface area (Å²) in [6.07, 6.45) is 2.22. The first-order valence-corrected chi connectivity index (χ1v) is 13.3. The normalized spacial score (nSPS) is 13.9. The molecule has 1 aliphatic heterocycles. The number of non-ortho nitro benzene ring substituents is 1. The molecule has 200 valence electrons. The van der Waals surface area contributed by atoms with E-state index in [1.807, 2.05) is 19.1 Å². The molecule has 10 nitrogen and oxygen atoms in total. The highest BCUT2D eigenvalue weighted by Gasteiger charge is 2.35. The van der Waals surface area contributed by atoms with E-state index in [2.05, 4.69) is 42.5 Å². The lowest BCUT2D eigenvalue weighted by Gasteiger charge is -2.13. The monoisotopic (exact) mass is 656 g/mol.